The van der Waals surface area contributed by atoms with Crippen molar-refractivity contribution in [3.05, 3.63) is 84.4 Å². The first-order valence-corrected chi connectivity index (χ1v) is 11.5. The number of carbonyl (C=O) groups is 1. The van der Waals surface area contributed by atoms with Crippen LogP contribution in [0.1, 0.15) is 23.7 Å². The molecule has 0 bridgehead atoms. The first-order chi connectivity index (χ1) is 17.1. The van der Waals surface area contributed by atoms with Gasteiger partial charge in [-0.2, -0.15) is 5.10 Å². The van der Waals surface area contributed by atoms with Gasteiger partial charge in [-0.25, -0.2) is 4.98 Å². The predicted molar refractivity (Wildman–Crippen MR) is 134 cm³/mol. The van der Waals surface area contributed by atoms with E-state index < -0.39 is 0 Å². The minimum atomic E-state index is -0.0509. The fraction of sp³-hybridized carbons (Fsp3) is 0.192. The zero-order chi connectivity index (χ0) is 23.9. The largest absolute Gasteiger partial charge is 0.325 e. The van der Waals surface area contributed by atoms with Gasteiger partial charge >= 0.3 is 0 Å². The molecular formula is C26H24N8O. The van der Waals surface area contributed by atoms with Crippen molar-refractivity contribution in [2.24, 2.45) is 7.05 Å². The third kappa shape index (κ3) is 3.80. The number of pyridine rings is 2. The van der Waals surface area contributed by atoms with Gasteiger partial charge in [-0.3, -0.25) is 13.9 Å². The highest BCUT2D eigenvalue weighted by Gasteiger charge is 2.30. The molecule has 1 amide bonds. The second-order valence-electron chi connectivity index (χ2n) is 8.79. The summed E-state index contributed by atoms with van der Waals surface area (Å²) in [5.41, 5.74) is 3.78. The van der Waals surface area contributed by atoms with E-state index in [4.69, 9.17) is 0 Å². The van der Waals surface area contributed by atoms with Gasteiger partial charge in [0.05, 0.1) is 6.20 Å². The minimum Gasteiger partial charge on any atom is -0.325 e. The second-order valence-corrected chi connectivity index (χ2v) is 8.79. The lowest BCUT2D eigenvalue weighted by atomic mass is 9.95. The molecule has 0 spiro atoms. The van der Waals surface area contributed by atoms with Crippen LogP contribution < -0.4 is 10.2 Å². The van der Waals surface area contributed by atoms with E-state index in [2.05, 4.69) is 37.7 Å². The summed E-state index contributed by atoms with van der Waals surface area (Å²) in [4.78, 5) is 19.3. The van der Waals surface area contributed by atoms with Crippen LogP contribution in [0.5, 0.6) is 0 Å². The molecule has 35 heavy (non-hydrogen) atoms. The molecule has 0 fully saturated rings. The third-order valence-corrected chi connectivity index (χ3v) is 6.51. The second kappa shape index (κ2) is 8.35. The Bertz CT molecular complexity index is 1540. The van der Waals surface area contributed by atoms with Crippen LogP contribution in [-0.4, -0.2) is 42.3 Å². The van der Waals surface area contributed by atoms with E-state index in [1.54, 1.807) is 22.0 Å². The maximum Gasteiger partial charge on any atom is 0.228 e. The highest BCUT2D eigenvalue weighted by atomic mass is 16.2. The van der Waals surface area contributed by atoms with Crippen LogP contribution in [-0.2, 0) is 18.3 Å². The van der Waals surface area contributed by atoms with Crippen molar-refractivity contribution < 1.29 is 4.79 Å². The summed E-state index contributed by atoms with van der Waals surface area (Å²) >= 11 is 0. The average Bonchev–Trinajstić information content (AvgIpc) is 3.47. The lowest BCUT2D eigenvalue weighted by Crippen LogP contribution is -2.27. The van der Waals surface area contributed by atoms with Crippen molar-refractivity contribution >= 4 is 29.0 Å². The van der Waals surface area contributed by atoms with Crippen molar-refractivity contribution in [2.75, 3.05) is 17.3 Å². The van der Waals surface area contributed by atoms with Crippen LogP contribution in [0.4, 0.5) is 17.5 Å². The summed E-state index contributed by atoms with van der Waals surface area (Å²) in [5.74, 6) is 3.13. The van der Waals surface area contributed by atoms with Gasteiger partial charge in [0.1, 0.15) is 23.3 Å². The fourth-order valence-corrected chi connectivity index (χ4v) is 4.63. The quantitative estimate of drug-likeness (QED) is 0.423. The average molecular weight is 465 g/mol. The molecular weight excluding hydrogens is 440 g/mol. The molecule has 9 heteroatoms. The van der Waals surface area contributed by atoms with Gasteiger partial charge in [0.25, 0.3) is 0 Å². The first kappa shape index (κ1) is 21.0. The Hall–Kier alpha value is -4.53. The molecule has 1 aliphatic heterocycles. The maximum absolute atomic E-state index is 13.2. The van der Waals surface area contributed by atoms with E-state index in [0.29, 0.717) is 17.9 Å². The van der Waals surface area contributed by atoms with Crippen LogP contribution in [0.2, 0.25) is 0 Å². The Morgan fingerprint density at radius 2 is 1.83 bits per heavy atom. The molecule has 0 unspecified atom stereocenters. The summed E-state index contributed by atoms with van der Waals surface area (Å²) in [6.07, 6.45) is 4.60. The van der Waals surface area contributed by atoms with Crippen LogP contribution in [0.3, 0.4) is 0 Å². The van der Waals surface area contributed by atoms with E-state index in [-0.39, 0.29) is 11.8 Å². The van der Waals surface area contributed by atoms with Gasteiger partial charge in [0.2, 0.25) is 5.91 Å². The molecule has 1 aliphatic rings. The number of carbonyl (C=O) groups excluding carboxylic acids is 1. The van der Waals surface area contributed by atoms with Crippen LogP contribution in [0.15, 0.2) is 73.1 Å². The van der Waals surface area contributed by atoms with Crippen molar-refractivity contribution in [1.29, 1.82) is 0 Å². The first-order valence-electron chi connectivity index (χ1n) is 11.5. The summed E-state index contributed by atoms with van der Waals surface area (Å²) in [6.45, 7) is 0. The molecule has 174 valence electrons. The molecule has 0 aliphatic carbocycles. The Morgan fingerprint density at radius 1 is 0.971 bits per heavy atom. The molecule has 6 rings (SSSR count). The molecule has 5 aromatic rings. The predicted octanol–water partition coefficient (Wildman–Crippen LogP) is 3.96. The SMILES string of the molecule is CN1C(=O)C[C@@H](Cc2ccccc2)c2nnc3cc(-c4ccnc(Nc5ccnn5C)c4)cc1n23. The minimum absolute atomic E-state index is 0.0509. The lowest BCUT2D eigenvalue weighted by Gasteiger charge is -2.18. The van der Waals surface area contributed by atoms with Gasteiger partial charge in [-0.15, -0.1) is 10.2 Å². The summed E-state index contributed by atoms with van der Waals surface area (Å²) in [7, 11) is 3.69. The Balaban J connectivity index is 1.41. The van der Waals surface area contributed by atoms with E-state index in [1.165, 1.54) is 5.56 Å². The normalized spacial score (nSPS) is 15.4. The zero-order valence-corrected chi connectivity index (χ0v) is 19.5. The number of rotatable bonds is 5. The van der Waals surface area contributed by atoms with Crippen molar-refractivity contribution in [2.45, 2.75) is 18.8 Å². The van der Waals surface area contributed by atoms with E-state index in [1.807, 2.05) is 67.0 Å². The van der Waals surface area contributed by atoms with Gasteiger partial charge in [-0.1, -0.05) is 30.3 Å². The molecule has 1 aromatic carbocycles. The topological polar surface area (TPSA) is 93.2 Å². The van der Waals surface area contributed by atoms with Crippen LogP contribution in [0.25, 0.3) is 16.8 Å². The molecule has 9 nitrogen and oxygen atoms in total. The monoisotopic (exact) mass is 464 g/mol. The number of amides is 1. The number of aromatic nitrogens is 6. The number of nitrogens with one attached hydrogen (secondary N) is 1. The third-order valence-electron chi connectivity index (χ3n) is 6.51. The Morgan fingerprint density at radius 3 is 2.63 bits per heavy atom. The molecule has 1 atom stereocenters. The molecule has 1 N–H and O–H groups in total. The Kier molecular flexibility index (Phi) is 5.02. The van der Waals surface area contributed by atoms with Crippen molar-refractivity contribution in [1.82, 2.24) is 29.4 Å². The van der Waals surface area contributed by atoms with Crippen LogP contribution >= 0.6 is 0 Å². The number of benzene rings is 1. The van der Waals surface area contributed by atoms with Crippen molar-refractivity contribution in [3.8, 4) is 11.1 Å². The molecule has 0 saturated heterocycles. The highest BCUT2D eigenvalue weighted by Crippen LogP contribution is 2.35. The fourth-order valence-electron chi connectivity index (χ4n) is 4.63. The number of hydrogen-bond donors (Lipinski definition) is 1. The van der Waals surface area contributed by atoms with Gasteiger partial charge in [0.15, 0.2) is 5.65 Å². The highest BCUT2D eigenvalue weighted by molar-refractivity contribution is 5.94. The summed E-state index contributed by atoms with van der Waals surface area (Å²) in [5, 5.41) is 16.5. The van der Waals surface area contributed by atoms with E-state index >= 15 is 0 Å². The number of hydrogen-bond acceptors (Lipinski definition) is 6. The van der Waals surface area contributed by atoms with E-state index in [9.17, 15) is 4.79 Å². The van der Waals surface area contributed by atoms with Gasteiger partial charge in [0, 0.05) is 38.7 Å². The number of nitrogens with zero attached hydrogens (tertiary/aromatic N) is 7. The Labute approximate surface area is 202 Å². The van der Waals surface area contributed by atoms with Crippen LogP contribution in [0, 0.1) is 0 Å². The summed E-state index contributed by atoms with van der Waals surface area (Å²) < 4.78 is 3.76. The molecule has 0 saturated carbocycles. The van der Waals surface area contributed by atoms with E-state index in [0.717, 1.165) is 35.0 Å². The van der Waals surface area contributed by atoms with Gasteiger partial charge in [-0.05, 0) is 47.4 Å². The molecule has 5 heterocycles. The standard InChI is InChI=1S/C26H24N8O/c1-32-24-15-19(18-8-10-27-21(13-18)29-22-9-11-28-33(22)2)14-23-30-31-26(34(23)24)20(16-25(32)35)12-17-6-4-3-5-7-17/h3-11,13-15,20H,12,16H2,1-2H3,(H,27,29)/t20-/m1/s1. The maximum atomic E-state index is 13.2. The molecule has 4 aromatic heterocycles. The van der Waals surface area contributed by atoms with Gasteiger partial charge < -0.3 is 10.2 Å². The smallest absolute Gasteiger partial charge is 0.228 e. The lowest BCUT2D eigenvalue weighted by molar-refractivity contribution is -0.118. The zero-order valence-electron chi connectivity index (χ0n) is 19.5. The van der Waals surface area contributed by atoms with Crippen molar-refractivity contribution in [3.63, 3.8) is 0 Å². The molecule has 0 radical (unpaired) electrons. The number of aryl methyl sites for hydroxylation is 1. The summed E-state index contributed by atoms with van der Waals surface area (Å²) in [6, 6.07) is 20.0. The number of anilines is 3.